The molecule has 0 heterocycles. The van der Waals surface area contributed by atoms with E-state index in [1.54, 1.807) is 6.92 Å². The van der Waals surface area contributed by atoms with Crippen molar-refractivity contribution in [3.05, 3.63) is 37.5 Å². The number of aryl methyl sites for hydroxylation is 1. The van der Waals surface area contributed by atoms with Crippen LogP contribution in [0.5, 0.6) is 0 Å². The average Bonchev–Trinajstić information content (AvgIpc) is 2.00. The van der Waals surface area contributed by atoms with Gasteiger partial charge in [-0.3, -0.25) is 0 Å². The number of benzene rings is 1. The molecule has 3 nitrogen and oxygen atoms in total. The van der Waals surface area contributed by atoms with Crippen LogP contribution in [0.2, 0.25) is 0 Å². The van der Waals surface area contributed by atoms with Crippen molar-refractivity contribution in [2.24, 2.45) is 5.11 Å². The Morgan fingerprint density at radius 2 is 2.25 bits per heavy atom. The van der Waals surface area contributed by atoms with Gasteiger partial charge in [-0.15, -0.1) is 0 Å². The lowest BCUT2D eigenvalue weighted by Gasteiger charge is -2.00. The fraction of sp³-hybridized carbons (Fsp3) is 0.143. The first-order chi connectivity index (χ1) is 5.65. The highest BCUT2D eigenvalue weighted by Gasteiger charge is 2.03. The quantitative estimate of drug-likeness (QED) is 0.325. The van der Waals surface area contributed by atoms with E-state index in [9.17, 15) is 4.39 Å². The Morgan fingerprint density at radius 1 is 1.58 bits per heavy atom. The highest BCUT2D eigenvalue weighted by Crippen LogP contribution is 2.25. The molecule has 1 aromatic rings. The van der Waals surface area contributed by atoms with E-state index in [1.807, 2.05) is 22.6 Å². The standard InChI is InChI=1S/C7H5FIN3/c1-4-2-5(8)3-6(7(4)9)11-12-10/h2-3H,1H3. The highest BCUT2D eigenvalue weighted by molar-refractivity contribution is 14.1. The fourth-order valence-corrected chi connectivity index (χ4v) is 1.25. The topological polar surface area (TPSA) is 48.8 Å². The molecular formula is C7H5FIN3. The van der Waals surface area contributed by atoms with Crippen LogP contribution < -0.4 is 0 Å². The predicted octanol–water partition coefficient (Wildman–Crippen LogP) is 3.68. The summed E-state index contributed by atoms with van der Waals surface area (Å²) in [6.07, 6.45) is 0. The molecule has 0 atom stereocenters. The van der Waals surface area contributed by atoms with Crippen molar-refractivity contribution in [3.63, 3.8) is 0 Å². The summed E-state index contributed by atoms with van der Waals surface area (Å²) in [5, 5.41) is 3.36. The summed E-state index contributed by atoms with van der Waals surface area (Å²) in [4.78, 5) is 2.60. The van der Waals surface area contributed by atoms with Gasteiger partial charge in [0.1, 0.15) is 5.82 Å². The van der Waals surface area contributed by atoms with Crippen LogP contribution in [0.25, 0.3) is 10.4 Å². The Morgan fingerprint density at radius 3 is 2.83 bits per heavy atom. The zero-order chi connectivity index (χ0) is 9.14. The van der Waals surface area contributed by atoms with Gasteiger partial charge in [0.05, 0.1) is 5.69 Å². The maximum absolute atomic E-state index is 12.7. The molecule has 0 N–H and O–H groups in total. The van der Waals surface area contributed by atoms with Crippen molar-refractivity contribution in [3.8, 4) is 0 Å². The maximum Gasteiger partial charge on any atom is 0.124 e. The Kier molecular flexibility index (Phi) is 2.88. The van der Waals surface area contributed by atoms with Crippen molar-refractivity contribution in [1.82, 2.24) is 0 Å². The second-order valence-electron chi connectivity index (χ2n) is 2.25. The Hall–Kier alpha value is -0.810. The maximum atomic E-state index is 12.7. The smallest absolute Gasteiger partial charge is 0.124 e. The van der Waals surface area contributed by atoms with Crippen LogP contribution in [0.1, 0.15) is 5.56 Å². The summed E-state index contributed by atoms with van der Waals surface area (Å²) in [5.74, 6) is -0.379. The van der Waals surface area contributed by atoms with Crippen LogP contribution in [-0.4, -0.2) is 0 Å². The molecule has 0 aliphatic carbocycles. The molecule has 12 heavy (non-hydrogen) atoms. The first kappa shape index (κ1) is 9.28. The zero-order valence-corrected chi connectivity index (χ0v) is 8.41. The largest absolute Gasteiger partial charge is 0.207 e. The molecule has 0 unspecified atom stereocenters. The van der Waals surface area contributed by atoms with Gasteiger partial charge in [0.2, 0.25) is 0 Å². The van der Waals surface area contributed by atoms with Gasteiger partial charge in [0, 0.05) is 8.48 Å². The summed E-state index contributed by atoms with van der Waals surface area (Å²) >= 11 is 2.01. The van der Waals surface area contributed by atoms with E-state index in [4.69, 9.17) is 5.53 Å². The minimum atomic E-state index is -0.379. The van der Waals surface area contributed by atoms with Gasteiger partial charge in [0.15, 0.2) is 0 Å². The molecule has 0 saturated carbocycles. The van der Waals surface area contributed by atoms with E-state index < -0.39 is 0 Å². The van der Waals surface area contributed by atoms with E-state index in [0.717, 1.165) is 9.13 Å². The first-order valence-electron chi connectivity index (χ1n) is 3.16. The van der Waals surface area contributed by atoms with Crippen LogP contribution in [0.15, 0.2) is 17.2 Å². The summed E-state index contributed by atoms with van der Waals surface area (Å²) in [7, 11) is 0. The lowest BCUT2D eigenvalue weighted by molar-refractivity contribution is 0.626. The first-order valence-corrected chi connectivity index (χ1v) is 4.24. The van der Waals surface area contributed by atoms with Gasteiger partial charge in [-0.1, -0.05) is 5.11 Å². The SMILES string of the molecule is Cc1cc(F)cc(N=[N+]=[N-])c1I. The summed E-state index contributed by atoms with van der Waals surface area (Å²) in [6.45, 7) is 1.77. The van der Waals surface area contributed by atoms with Crippen molar-refractivity contribution < 1.29 is 4.39 Å². The Balaban J connectivity index is 3.36. The van der Waals surface area contributed by atoms with Crippen LogP contribution in [-0.2, 0) is 0 Å². The third-order valence-corrected chi connectivity index (χ3v) is 2.76. The molecular weight excluding hydrogens is 272 g/mol. The van der Waals surface area contributed by atoms with Crippen LogP contribution in [0, 0.1) is 16.3 Å². The molecule has 5 heteroatoms. The third kappa shape index (κ3) is 1.86. The monoisotopic (exact) mass is 277 g/mol. The van der Waals surface area contributed by atoms with E-state index in [2.05, 4.69) is 10.0 Å². The third-order valence-electron chi connectivity index (χ3n) is 1.35. The zero-order valence-electron chi connectivity index (χ0n) is 6.25. The number of azide groups is 1. The van der Waals surface area contributed by atoms with E-state index in [-0.39, 0.29) is 5.82 Å². The fourth-order valence-electron chi connectivity index (χ4n) is 0.829. The number of nitrogens with zero attached hydrogens (tertiary/aromatic N) is 3. The Bertz CT molecular complexity index is 358. The van der Waals surface area contributed by atoms with E-state index >= 15 is 0 Å². The Labute approximate surface area is 82.4 Å². The van der Waals surface area contributed by atoms with Crippen molar-refractivity contribution >= 4 is 28.3 Å². The summed E-state index contributed by atoms with van der Waals surface area (Å²) in [5.41, 5.74) is 9.28. The second-order valence-corrected chi connectivity index (χ2v) is 3.32. The van der Waals surface area contributed by atoms with E-state index in [0.29, 0.717) is 5.69 Å². The summed E-state index contributed by atoms with van der Waals surface area (Å²) < 4.78 is 13.5. The molecule has 1 rings (SSSR count). The molecule has 0 spiro atoms. The molecule has 0 bridgehead atoms. The van der Waals surface area contributed by atoms with Crippen LogP contribution in [0.4, 0.5) is 10.1 Å². The highest BCUT2D eigenvalue weighted by atomic mass is 127. The van der Waals surface area contributed by atoms with Crippen molar-refractivity contribution in [1.29, 1.82) is 0 Å². The second kappa shape index (κ2) is 3.73. The van der Waals surface area contributed by atoms with Gasteiger partial charge >= 0.3 is 0 Å². The number of hydrogen-bond donors (Lipinski definition) is 0. The number of hydrogen-bond acceptors (Lipinski definition) is 1. The van der Waals surface area contributed by atoms with Crippen LogP contribution >= 0.6 is 22.6 Å². The minimum absolute atomic E-state index is 0.343. The molecule has 0 amide bonds. The van der Waals surface area contributed by atoms with Crippen molar-refractivity contribution in [2.75, 3.05) is 0 Å². The van der Waals surface area contributed by atoms with E-state index in [1.165, 1.54) is 12.1 Å². The van der Waals surface area contributed by atoms with Gasteiger partial charge in [0.25, 0.3) is 0 Å². The van der Waals surface area contributed by atoms with Gasteiger partial charge < -0.3 is 0 Å². The van der Waals surface area contributed by atoms with Crippen molar-refractivity contribution in [2.45, 2.75) is 6.92 Å². The predicted molar refractivity (Wildman–Crippen MR) is 52.7 cm³/mol. The molecule has 0 saturated heterocycles. The molecule has 0 aliphatic heterocycles. The molecule has 0 aliphatic rings. The minimum Gasteiger partial charge on any atom is -0.207 e. The lowest BCUT2D eigenvalue weighted by Crippen LogP contribution is -1.83. The van der Waals surface area contributed by atoms with Crippen LogP contribution in [0.3, 0.4) is 0 Å². The lowest BCUT2D eigenvalue weighted by atomic mass is 10.2. The normalized spacial score (nSPS) is 9.25. The molecule has 0 fully saturated rings. The number of rotatable bonds is 1. The molecule has 1 aromatic carbocycles. The number of halogens is 2. The summed E-state index contributed by atoms with van der Waals surface area (Å²) in [6, 6.07) is 2.62. The molecule has 0 aromatic heterocycles. The van der Waals surface area contributed by atoms with Gasteiger partial charge in [-0.05, 0) is 52.7 Å². The van der Waals surface area contributed by atoms with Gasteiger partial charge in [-0.2, -0.15) is 0 Å². The average molecular weight is 277 g/mol. The molecule has 0 radical (unpaired) electrons. The van der Waals surface area contributed by atoms with Gasteiger partial charge in [-0.25, -0.2) is 4.39 Å². The molecule has 62 valence electrons.